The molecule has 0 saturated carbocycles. The highest BCUT2D eigenvalue weighted by Crippen LogP contribution is 2.10. The van der Waals surface area contributed by atoms with Crippen molar-refractivity contribution in [1.29, 1.82) is 0 Å². The number of hydrogen-bond donors (Lipinski definition) is 0. The van der Waals surface area contributed by atoms with Gasteiger partial charge in [0.25, 0.3) is 6.08 Å². The highest BCUT2D eigenvalue weighted by atomic mass is 28.3. The van der Waals surface area contributed by atoms with Crippen molar-refractivity contribution in [3.63, 3.8) is 0 Å². The predicted octanol–water partition coefficient (Wildman–Crippen LogP) is 1.98. The average molecular weight is 173 g/mol. The van der Waals surface area contributed by atoms with Crippen molar-refractivity contribution in [2.75, 3.05) is 6.61 Å². The van der Waals surface area contributed by atoms with E-state index in [-0.39, 0.29) is 0 Å². The molecule has 11 heavy (non-hydrogen) atoms. The van der Waals surface area contributed by atoms with E-state index < -0.39 is 8.07 Å². The molecule has 4 heteroatoms. The topological polar surface area (TPSA) is 38.7 Å². The van der Waals surface area contributed by atoms with Gasteiger partial charge in [-0.2, -0.15) is 0 Å². The molecule has 0 N–H and O–H groups in total. The van der Waals surface area contributed by atoms with Crippen molar-refractivity contribution in [2.24, 2.45) is 5.16 Å². The highest BCUT2D eigenvalue weighted by molar-refractivity contribution is 6.76. The van der Waals surface area contributed by atoms with Gasteiger partial charge in [-0.05, 0) is 6.42 Å². The summed E-state index contributed by atoms with van der Waals surface area (Å²) in [5.41, 5.74) is 0. The Labute approximate surface area is 68.4 Å². The molecule has 0 aromatic heterocycles. The fraction of sp³-hybridized carbons (Fsp3) is 0.857. The third-order valence-electron chi connectivity index (χ3n) is 1.26. The van der Waals surface area contributed by atoms with E-state index in [9.17, 15) is 4.79 Å². The summed E-state index contributed by atoms with van der Waals surface area (Å²) in [6.45, 7) is 7.45. The summed E-state index contributed by atoms with van der Waals surface area (Å²) in [5, 5.41) is 3.00. The van der Waals surface area contributed by atoms with Crippen LogP contribution >= 0.6 is 0 Å². The summed E-state index contributed by atoms with van der Waals surface area (Å²) < 4.78 is 0. The molecule has 0 saturated heterocycles. The lowest BCUT2D eigenvalue weighted by molar-refractivity contribution is 0.144. The Hall–Kier alpha value is -0.603. The van der Waals surface area contributed by atoms with Crippen molar-refractivity contribution in [1.82, 2.24) is 0 Å². The van der Waals surface area contributed by atoms with Gasteiger partial charge >= 0.3 is 0 Å². The molecule has 0 aromatic carbocycles. The van der Waals surface area contributed by atoms with Gasteiger partial charge in [0.2, 0.25) is 0 Å². The molecule has 0 bridgehead atoms. The van der Waals surface area contributed by atoms with Crippen LogP contribution in [0.2, 0.25) is 25.7 Å². The largest absolute Gasteiger partial charge is 0.386 e. The van der Waals surface area contributed by atoms with E-state index in [0.717, 1.165) is 6.42 Å². The van der Waals surface area contributed by atoms with E-state index in [4.69, 9.17) is 0 Å². The molecule has 0 aliphatic rings. The second-order valence-corrected chi connectivity index (χ2v) is 9.30. The Bertz CT molecular complexity index is 147. The maximum atomic E-state index is 9.56. The van der Waals surface area contributed by atoms with Crippen molar-refractivity contribution in [3.05, 3.63) is 0 Å². The van der Waals surface area contributed by atoms with Crippen LogP contribution < -0.4 is 0 Å². The third-order valence-corrected chi connectivity index (χ3v) is 3.12. The van der Waals surface area contributed by atoms with Crippen LogP contribution in [0.3, 0.4) is 0 Å². The molecule has 0 atom stereocenters. The summed E-state index contributed by atoms with van der Waals surface area (Å²) >= 11 is 0. The summed E-state index contributed by atoms with van der Waals surface area (Å²) in [6.07, 6.45) is 2.32. The first kappa shape index (κ1) is 10.4. The first-order valence-electron chi connectivity index (χ1n) is 3.75. The normalized spacial score (nSPS) is 10.5. The number of hydrogen-bond acceptors (Lipinski definition) is 3. The summed E-state index contributed by atoms with van der Waals surface area (Å²) in [5.74, 6) is 0. The predicted molar refractivity (Wildman–Crippen MR) is 46.8 cm³/mol. The van der Waals surface area contributed by atoms with Gasteiger partial charge in [-0.15, -0.1) is 0 Å². The molecule has 0 aliphatic heterocycles. The standard InChI is InChI=1S/C7H15NO2Si/c1-11(2,3)6-4-5-10-8-7-9/h4-6H2,1-3H3. The first-order chi connectivity index (χ1) is 5.06. The van der Waals surface area contributed by atoms with E-state index >= 15 is 0 Å². The van der Waals surface area contributed by atoms with Gasteiger partial charge in [0.05, 0.1) is 0 Å². The Morgan fingerprint density at radius 2 is 2.09 bits per heavy atom. The third kappa shape index (κ3) is 9.40. The van der Waals surface area contributed by atoms with Gasteiger partial charge in [-0.25, -0.2) is 4.79 Å². The van der Waals surface area contributed by atoms with Crippen molar-refractivity contribution >= 4 is 14.2 Å². The van der Waals surface area contributed by atoms with Gasteiger partial charge < -0.3 is 4.84 Å². The van der Waals surface area contributed by atoms with Gasteiger partial charge in [-0.3, -0.25) is 0 Å². The smallest absolute Gasteiger partial charge is 0.276 e. The van der Waals surface area contributed by atoms with Crippen LogP contribution in [-0.4, -0.2) is 20.8 Å². The minimum atomic E-state index is -0.938. The van der Waals surface area contributed by atoms with Crippen LogP contribution in [-0.2, 0) is 9.63 Å². The zero-order valence-electron chi connectivity index (χ0n) is 7.39. The fourth-order valence-corrected chi connectivity index (χ4v) is 1.94. The maximum Gasteiger partial charge on any atom is 0.276 e. The average Bonchev–Trinajstić information content (AvgIpc) is 1.85. The lowest BCUT2D eigenvalue weighted by Gasteiger charge is -2.13. The molecule has 0 heterocycles. The second kappa shape index (κ2) is 5.10. The molecule has 0 fully saturated rings. The molecular weight excluding hydrogens is 158 g/mol. The quantitative estimate of drug-likeness (QED) is 0.210. The van der Waals surface area contributed by atoms with E-state index in [0.29, 0.717) is 6.61 Å². The molecule has 0 aromatic rings. The van der Waals surface area contributed by atoms with E-state index in [1.165, 1.54) is 12.1 Å². The van der Waals surface area contributed by atoms with Gasteiger partial charge in [0.15, 0.2) is 0 Å². The Kier molecular flexibility index (Phi) is 4.82. The number of isocyanates is 1. The van der Waals surface area contributed by atoms with Crippen LogP contribution in [0.4, 0.5) is 0 Å². The second-order valence-electron chi connectivity index (χ2n) is 3.68. The summed E-state index contributed by atoms with van der Waals surface area (Å²) in [7, 11) is -0.938. The Morgan fingerprint density at radius 1 is 1.45 bits per heavy atom. The minimum absolute atomic E-state index is 0.541. The summed E-state index contributed by atoms with van der Waals surface area (Å²) in [4.78, 5) is 14.2. The maximum absolute atomic E-state index is 9.56. The molecule has 0 unspecified atom stereocenters. The zero-order chi connectivity index (χ0) is 8.74. The van der Waals surface area contributed by atoms with E-state index in [1.807, 2.05) is 0 Å². The molecule has 3 nitrogen and oxygen atoms in total. The van der Waals surface area contributed by atoms with Gasteiger partial charge in [0.1, 0.15) is 6.61 Å². The van der Waals surface area contributed by atoms with Crippen LogP contribution in [0.25, 0.3) is 0 Å². The lowest BCUT2D eigenvalue weighted by atomic mass is 10.5. The minimum Gasteiger partial charge on any atom is -0.386 e. The van der Waals surface area contributed by atoms with Crippen LogP contribution in [0.15, 0.2) is 5.16 Å². The fourth-order valence-electron chi connectivity index (χ4n) is 0.739. The molecule has 0 amide bonds. The van der Waals surface area contributed by atoms with Gasteiger partial charge in [-0.1, -0.05) is 25.7 Å². The first-order valence-corrected chi connectivity index (χ1v) is 7.46. The molecular formula is C7H15NO2Si. The van der Waals surface area contributed by atoms with Crippen LogP contribution in [0.5, 0.6) is 0 Å². The molecule has 0 rings (SSSR count). The molecule has 0 aliphatic carbocycles. The molecule has 0 spiro atoms. The monoisotopic (exact) mass is 173 g/mol. The molecule has 64 valence electrons. The van der Waals surface area contributed by atoms with Crippen LogP contribution in [0, 0.1) is 0 Å². The number of carbonyl (C=O) groups excluding carboxylic acids is 1. The highest BCUT2D eigenvalue weighted by Gasteiger charge is 2.11. The Morgan fingerprint density at radius 3 is 2.55 bits per heavy atom. The van der Waals surface area contributed by atoms with E-state index in [2.05, 4.69) is 29.6 Å². The van der Waals surface area contributed by atoms with Crippen LogP contribution in [0.1, 0.15) is 6.42 Å². The molecule has 0 radical (unpaired) electrons. The van der Waals surface area contributed by atoms with Crippen molar-refractivity contribution in [2.45, 2.75) is 32.1 Å². The lowest BCUT2D eigenvalue weighted by Crippen LogP contribution is -2.19. The van der Waals surface area contributed by atoms with Gasteiger partial charge in [0, 0.05) is 13.2 Å². The SMILES string of the molecule is C[Si](C)(C)CCCON=C=O. The van der Waals surface area contributed by atoms with Crippen molar-refractivity contribution in [3.8, 4) is 0 Å². The van der Waals surface area contributed by atoms with Crippen molar-refractivity contribution < 1.29 is 9.63 Å². The van der Waals surface area contributed by atoms with E-state index in [1.54, 1.807) is 0 Å². The number of rotatable bonds is 5. The summed E-state index contributed by atoms with van der Waals surface area (Å²) in [6, 6.07) is 1.21. The Balaban J connectivity index is 3.21. The zero-order valence-corrected chi connectivity index (χ0v) is 8.39. The number of nitrogens with zero attached hydrogens (tertiary/aromatic N) is 1.